The van der Waals surface area contributed by atoms with E-state index in [2.05, 4.69) is 23.1 Å². The maximum atomic E-state index is 5.93. The van der Waals surface area contributed by atoms with Gasteiger partial charge in [-0.2, -0.15) is 5.06 Å². The summed E-state index contributed by atoms with van der Waals surface area (Å²) in [7, 11) is 5.55. The van der Waals surface area contributed by atoms with Gasteiger partial charge in [-0.3, -0.25) is 4.84 Å². The maximum absolute atomic E-state index is 5.93. The highest BCUT2D eigenvalue weighted by atomic mass is 32.2. The Labute approximate surface area is 136 Å². The van der Waals surface area contributed by atoms with Crippen LogP contribution in [0.5, 0.6) is 11.5 Å². The van der Waals surface area contributed by atoms with E-state index in [0.29, 0.717) is 0 Å². The van der Waals surface area contributed by atoms with Gasteiger partial charge in [-0.05, 0) is 26.0 Å². The molecule has 1 aromatic rings. The largest absolute Gasteiger partial charge is 0.497 e. The van der Waals surface area contributed by atoms with E-state index in [0.717, 1.165) is 55.5 Å². The third-order valence-corrected chi connectivity index (χ3v) is 5.94. The third-order valence-electron chi connectivity index (χ3n) is 4.57. The van der Waals surface area contributed by atoms with Gasteiger partial charge < -0.3 is 14.4 Å². The molecule has 5 nitrogen and oxygen atoms in total. The number of piperidine rings is 1. The van der Waals surface area contributed by atoms with E-state index in [-0.39, 0.29) is 4.87 Å². The number of hydrogen-bond acceptors (Lipinski definition) is 6. The average molecular weight is 324 g/mol. The van der Waals surface area contributed by atoms with E-state index in [9.17, 15) is 0 Å². The second kappa shape index (κ2) is 6.66. The van der Waals surface area contributed by atoms with Crippen molar-refractivity contribution in [1.29, 1.82) is 0 Å². The summed E-state index contributed by atoms with van der Waals surface area (Å²) >= 11 is 1.93. The fourth-order valence-corrected chi connectivity index (χ4v) is 4.21. The first-order valence-electron chi connectivity index (χ1n) is 7.61. The Bertz CT molecular complexity index is 518. The van der Waals surface area contributed by atoms with Crippen molar-refractivity contribution in [3.05, 3.63) is 23.8 Å². The van der Waals surface area contributed by atoms with Gasteiger partial charge in [-0.1, -0.05) is 6.07 Å². The van der Waals surface area contributed by atoms with Crippen LogP contribution in [0.2, 0.25) is 0 Å². The molecular formula is C16H24N2O3S. The van der Waals surface area contributed by atoms with Crippen molar-refractivity contribution in [2.24, 2.45) is 0 Å². The van der Waals surface area contributed by atoms with Gasteiger partial charge in [0.1, 0.15) is 17.4 Å². The van der Waals surface area contributed by atoms with Gasteiger partial charge in [0.2, 0.25) is 0 Å². The molecule has 0 bridgehead atoms. The zero-order chi connectivity index (χ0) is 15.6. The third kappa shape index (κ3) is 3.06. The summed E-state index contributed by atoms with van der Waals surface area (Å²) in [5, 5.41) is 2.16. The number of hydrogen-bond donors (Lipinski definition) is 0. The van der Waals surface area contributed by atoms with Gasteiger partial charge in [0, 0.05) is 24.7 Å². The Hall–Kier alpha value is -0.950. The molecule has 0 unspecified atom stereocenters. The molecular weight excluding hydrogens is 300 g/mol. The minimum atomic E-state index is 0.109. The van der Waals surface area contributed by atoms with Crippen LogP contribution in [0.4, 0.5) is 0 Å². The molecule has 0 saturated carbocycles. The van der Waals surface area contributed by atoms with Crippen molar-refractivity contribution in [2.75, 3.05) is 40.3 Å². The Morgan fingerprint density at radius 1 is 1.23 bits per heavy atom. The zero-order valence-electron chi connectivity index (χ0n) is 13.5. The Kier molecular flexibility index (Phi) is 4.82. The molecule has 1 aromatic carbocycles. The number of nitrogens with zero attached hydrogens (tertiary/aromatic N) is 2. The van der Waals surface area contributed by atoms with Crippen LogP contribution in [0.15, 0.2) is 18.2 Å². The van der Waals surface area contributed by atoms with Gasteiger partial charge in [-0.25, -0.2) is 0 Å². The first kappa shape index (κ1) is 15.9. The summed E-state index contributed by atoms with van der Waals surface area (Å²) in [5.41, 5.74) is 1.13. The lowest BCUT2D eigenvalue weighted by Crippen LogP contribution is -2.48. The molecule has 6 heteroatoms. The number of methoxy groups -OCH3 is 2. The fraction of sp³-hybridized carbons (Fsp3) is 0.625. The minimum Gasteiger partial charge on any atom is -0.497 e. The molecule has 2 aliphatic rings. The molecule has 3 rings (SSSR count). The lowest BCUT2D eigenvalue weighted by atomic mass is 10.0. The fourth-order valence-electron chi connectivity index (χ4n) is 3.08. The predicted octanol–water partition coefficient (Wildman–Crippen LogP) is 2.56. The summed E-state index contributed by atoms with van der Waals surface area (Å²) in [4.78, 5) is 8.43. The van der Waals surface area contributed by atoms with Crippen LogP contribution in [0.3, 0.4) is 0 Å². The maximum Gasteiger partial charge on any atom is 0.127 e. The number of likely N-dealkylation sites (tertiary alicyclic amines) is 1. The SMILES string of the molecule is COc1ccc(CN2OCSC23CCN(C)CC3)c(OC)c1. The van der Waals surface area contributed by atoms with E-state index >= 15 is 0 Å². The molecule has 2 heterocycles. The molecule has 0 amide bonds. The van der Waals surface area contributed by atoms with E-state index in [1.54, 1.807) is 14.2 Å². The van der Waals surface area contributed by atoms with Crippen molar-refractivity contribution in [2.45, 2.75) is 24.3 Å². The van der Waals surface area contributed by atoms with E-state index in [4.69, 9.17) is 14.3 Å². The van der Waals surface area contributed by atoms with Crippen LogP contribution in [-0.2, 0) is 11.4 Å². The van der Waals surface area contributed by atoms with Crippen molar-refractivity contribution in [1.82, 2.24) is 9.96 Å². The smallest absolute Gasteiger partial charge is 0.127 e. The molecule has 0 atom stereocenters. The molecule has 0 N–H and O–H groups in total. The van der Waals surface area contributed by atoms with E-state index in [1.165, 1.54) is 0 Å². The topological polar surface area (TPSA) is 34.2 Å². The van der Waals surface area contributed by atoms with Gasteiger partial charge in [0.05, 0.1) is 25.6 Å². The van der Waals surface area contributed by atoms with Gasteiger partial charge >= 0.3 is 0 Å². The van der Waals surface area contributed by atoms with Crippen LogP contribution in [0.1, 0.15) is 18.4 Å². The van der Waals surface area contributed by atoms with Gasteiger partial charge in [-0.15, -0.1) is 11.8 Å². The Morgan fingerprint density at radius 2 is 2.00 bits per heavy atom. The summed E-state index contributed by atoms with van der Waals surface area (Å²) in [6.07, 6.45) is 2.26. The van der Waals surface area contributed by atoms with Crippen LogP contribution in [0.25, 0.3) is 0 Å². The highest BCUT2D eigenvalue weighted by Crippen LogP contribution is 2.45. The molecule has 0 aliphatic carbocycles. The lowest BCUT2D eigenvalue weighted by Gasteiger charge is -2.41. The number of hydroxylamine groups is 2. The first-order chi connectivity index (χ1) is 10.7. The van der Waals surface area contributed by atoms with Crippen LogP contribution in [-0.4, -0.2) is 55.1 Å². The van der Waals surface area contributed by atoms with Crippen LogP contribution < -0.4 is 9.47 Å². The average Bonchev–Trinajstić information content (AvgIpc) is 2.93. The molecule has 122 valence electrons. The molecule has 2 saturated heterocycles. The van der Waals surface area contributed by atoms with Crippen LogP contribution >= 0.6 is 11.8 Å². The summed E-state index contributed by atoms with van der Waals surface area (Å²) in [6, 6.07) is 5.97. The summed E-state index contributed by atoms with van der Waals surface area (Å²) in [5.74, 6) is 2.40. The second-order valence-corrected chi connectivity index (χ2v) is 7.14. The standard InChI is InChI=1S/C16H24N2O3S/c1-17-8-6-16(7-9-17)18(21-12-22-16)11-13-4-5-14(19-2)10-15(13)20-3/h4-5,10H,6-9,11-12H2,1-3H3. The number of ether oxygens (including phenoxy) is 2. The quantitative estimate of drug-likeness (QED) is 0.847. The van der Waals surface area contributed by atoms with E-state index < -0.39 is 0 Å². The molecule has 0 radical (unpaired) electrons. The number of rotatable bonds is 4. The predicted molar refractivity (Wildman–Crippen MR) is 88.1 cm³/mol. The Morgan fingerprint density at radius 3 is 2.68 bits per heavy atom. The van der Waals surface area contributed by atoms with Crippen molar-refractivity contribution >= 4 is 11.8 Å². The first-order valence-corrected chi connectivity index (χ1v) is 8.59. The number of thioether (sulfide) groups is 1. The summed E-state index contributed by atoms with van der Waals surface area (Å²) in [6.45, 7) is 2.98. The lowest BCUT2D eigenvalue weighted by molar-refractivity contribution is -0.179. The van der Waals surface area contributed by atoms with Crippen molar-refractivity contribution < 1.29 is 14.3 Å². The van der Waals surface area contributed by atoms with Gasteiger partial charge in [0.25, 0.3) is 0 Å². The van der Waals surface area contributed by atoms with Gasteiger partial charge in [0.15, 0.2) is 0 Å². The number of benzene rings is 1. The second-order valence-electron chi connectivity index (χ2n) is 5.86. The molecule has 0 aromatic heterocycles. The highest BCUT2D eigenvalue weighted by Gasteiger charge is 2.45. The molecule has 22 heavy (non-hydrogen) atoms. The monoisotopic (exact) mass is 324 g/mol. The zero-order valence-corrected chi connectivity index (χ0v) is 14.3. The van der Waals surface area contributed by atoms with Crippen molar-refractivity contribution in [3.63, 3.8) is 0 Å². The summed E-state index contributed by atoms with van der Waals surface area (Å²) < 4.78 is 10.8. The highest BCUT2D eigenvalue weighted by molar-refractivity contribution is 8.00. The van der Waals surface area contributed by atoms with E-state index in [1.807, 2.05) is 23.9 Å². The molecule has 1 spiro atoms. The van der Waals surface area contributed by atoms with Crippen LogP contribution in [0, 0.1) is 0 Å². The molecule has 2 fully saturated rings. The normalized spacial score (nSPS) is 22.1. The minimum absolute atomic E-state index is 0.109. The molecule has 2 aliphatic heterocycles. The van der Waals surface area contributed by atoms with Crippen molar-refractivity contribution in [3.8, 4) is 11.5 Å². The Balaban J connectivity index is 1.77.